The number of ether oxygens (including phenoxy) is 1. The lowest BCUT2D eigenvalue weighted by Crippen LogP contribution is -2.06. The van der Waals surface area contributed by atoms with Gasteiger partial charge in [0.15, 0.2) is 0 Å². The summed E-state index contributed by atoms with van der Waals surface area (Å²) in [6, 6.07) is 7.43. The summed E-state index contributed by atoms with van der Waals surface area (Å²) >= 11 is 0.969. The summed E-state index contributed by atoms with van der Waals surface area (Å²) in [5.41, 5.74) is 5.39. The van der Waals surface area contributed by atoms with Gasteiger partial charge >= 0.3 is 5.97 Å². The zero-order valence-electron chi connectivity index (χ0n) is 8.08. The molecule has 2 rings (SSSR count). The second kappa shape index (κ2) is 4.19. The summed E-state index contributed by atoms with van der Waals surface area (Å²) in [5, 5.41) is 9.18. The lowest BCUT2D eigenvalue weighted by molar-refractivity contribution is 0.0739. The molecule has 0 unspecified atom stereocenters. The molecule has 2 aromatic rings. The number of nitrogen functional groups attached to an aromatic ring is 1. The Bertz CT molecular complexity index is 524. The van der Waals surface area contributed by atoms with Gasteiger partial charge in [0.1, 0.15) is 22.2 Å². The second-order valence-electron chi connectivity index (χ2n) is 3.00. The Morgan fingerprint density at radius 2 is 2.25 bits per heavy atom. The minimum atomic E-state index is -0.542. The van der Waals surface area contributed by atoms with E-state index in [0.717, 1.165) is 11.5 Å². The summed E-state index contributed by atoms with van der Waals surface area (Å²) < 4.78 is 8.78. The van der Waals surface area contributed by atoms with Gasteiger partial charge in [0.2, 0.25) is 0 Å². The highest BCUT2D eigenvalue weighted by Crippen LogP contribution is 2.20. The van der Waals surface area contributed by atoms with E-state index >= 15 is 0 Å². The van der Waals surface area contributed by atoms with Crippen molar-refractivity contribution in [3.63, 3.8) is 0 Å². The van der Waals surface area contributed by atoms with Crippen LogP contribution in [0.15, 0.2) is 30.3 Å². The molecular weight excluding hydrogens is 228 g/mol. The summed E-state index contributed by atoms with van der Waals surface area (Å²) in [4.78, 5) is 11.9. The third-order valence-electron chi connectivity index (χ3n) is 1.76. The number of carbonyl (C=O) groups excluding carboxylic acids is 1. The van der Waals surface area contributed by atoms with E-state index in [1.54, 1.807) is 12.1 Å². The molecular formula is C10H8N2O3S. The number of anilines is 1. The van der Waals surface area contributed by atoms with E-state index in [9.17, 15) is 9.90 Å². The van der Waals surface area contributed by atoms with Gasteiger partial charge in [0.05, 0.1) is 0 Å². The van der Waals surface area contributed by atoms with E-state index in [2.05, 4.69) is 4.37 Å². The number of hydrogen-bond donors (Lipinski definition) is 2. The van der Waals surface area contributed by atoms with Crippen molar-refractivity contribution in [1.29, 1.82) is 0 Å². The Kier molecular flexibility index (Phi) is 2.74. The van der Waals surface area contributed by atoms with Crippen molar-refractivity contribution in [2.45, 2.75) is 0 Å². The Balaban J connectivity index is 2.13. The molecule has 0 amide bonds. The molecule has 1 heterocycles. The first-order chi connectivity index (χ1) is 7.65. The van der Waals surface area contributed by atoms with Crippen molar-refractivity contribution >= 4 is 23.3 Å². The molecule has 0 atom stereocenters. The SMILES string of the molecule is Nc1cc(C(=O)Oc2cccc(O)c2)sn1. The number of nitrogens with zero attached hydrogens (tertiary/aromatic N) is 1. The summed E-state index contributed by atoms with van der Waals surface area (Å²) in [6.07, 6.45) is 0. The number of carbonyl (C=O) groups is 1. The Morgan fingerprint density at radius 1 is 1.44 bits per heavy atom. The molecule has 5 nitrogen and oxygen atoms in total. The molecule has 1 aromatic heterocycles. The van der Waals surface area contributed by atoms with Crippen molar-refractivity contribution in [2.24, 2.45) is 0 Å². The number of rotatable bonds is 2. The standard InChI is InChI=1S/C10H8N2O3S/c11-9-5-8(16-12-9)10(14)15-7-3-1-2-6(13)4-7/h1-5,13H,(H2,11,12). The second-order valence-corrected chi connectivity index (χ2v) is 3.81. The summed E-state index contributed by atoms with van der Waals surface area (Å²) in [5.74, 6) is 0.0544. The molecule has 1 aromatic carbocycles. The Morgan fingerprint density at radius 3 is 2.88 bits per heavy atom. The van der Waals surface area contributed by atoms with Crippen LogP contribution < -0.4 is 10.5 Å². The number of aromatic nitrogens is 1. The fourth-order valence-electron chi connectivity index (χ4n) is 1.09. The zero-order valence-corrected chi connectivity index (χ0v) is 8.90. The minimum absolute atomic E-state index is 0.0362. The van der Waals surface area contributed by atoms with Gasteiger partial charge in [-0.15, -0.1) is 0 Å². The molecule has 0 aliphatic carbocycles. The average Bonchev–Trinajstić information content (AvgIpc) is 2.65. The molecule has 0 aliphatic heterocycles. The highest BCUT2D eigenvalue weighted by molar-refractivity contribution is 7.08. The quantitative estimate of drug-likeness (QED) is 0.611. The molecule has 0 bridgehead atoms. The van der Waals surface area contributed by atoms with Gasteiger partial charge in [-0.1, -0.05) is 6.07 Å². The molecule has 0 spiro atoms. The first-order valence-corrected chi connectivity index (χ1v) is 5.16. The number of aromatic hydroxyl groups is 1. The van der Waals surface area contributed by atoms with Crippen LogP contribution in [0.25, 0.3) is 0 Å². The summed E-state index contributed by atoms with van der Waals surface area (Å²) in [7, 11) is 0. The first-order valence-electron chi connectivity index (χ1n) is 4.38. The van der Waals surface area contributed by atoms with Crippen molar-refractivity contribution in [1.82, 2.24) is 4.37 Å². The minimum Gasteiger partial charge on any atom is -0.508 e. The molecule has 6 heteroatoms. The predicted octanol–water partition coefficient (Wildman–Crippen LogP) is 1.65. The Labute approximate surface area is 95.3 Å². The lowest BCUT2D eigenvalue weighted by atomic mass is 10.3. The molecule has 3 N–H and O–H groups in total. The number of esters is 1. The van der Waals surface area contributed by atoms with Crippen LogP contribution in [0.3, 0.4) is 0 Å². The molecule has 0 radical (unpaired) electrons. The normalized spacial score (nSPS) is 10.0. The van der Waals surface area contributed by atoms with Gasteiger partial charge in [-0.3, -0.25) is 0 Å². The number of phenols is 1. The molecule has 82 valence electrons. The van der Waals surface area contributed by atoms with Gasteiger partial charge in [-0.05, 0) is 23.7 Å². The fourth-order valence-corrected chi connectivity index (χ4v) is 1.64. The molecule has 16 heavy (non-hydrogen) atoms. The average molecular weight is 236 g/mol. The number of benzene rings is 1. The number of nitrogens with two attached hydrogens (primary N) is 1. The van der Waals surface area contributed by atoms with Crippen LogP contribution in [0.5, 0.6) is 11.5 Å². The van der Waals surface area contributed by atoms with Crippen molar-refractivity contribution in [2.75, 3.05) is 5.73 Å². The third kappa shape index (κ3) is 2.29. The summed E-state index contributed by atoms with van der Waals surface area (Å²) in [6.45, 7) is 0. The van der Waals surface area contributed by atoms with Crippen molar-refractivity contribution < 1.29 is 14.6 Å². The maximum absolute atomic E-state index is 11.5. The zero-order chi connectivity index (χ0) is 11.5. The highest BCUT2D eigenvalue weighted by Gasteiger charge is 2.12. The number of phenolic OH excluding ortho intramolecular Hbond substituents is 1. The van der Waals surface area contributed by atoms with Crippen LogP contribution in [0, 0.1) is 0 Å². The maximum Gasteiger partial charge on any atom is 0.355 e. The van der Waals surface area contributed by atoms with Gasteiger partial charge in [-0.25, -0.2) is 4.79 Å². The molecule has 0 saturated carbocycles. The smallest absolute Gasteiger partial charge is 0.355 e. The maximum atomic E-state index is 11.5. The topological polar surface area (TPSA) is 85.4 Å². The van der Waals surface area contributed by atoms with Crippen LogP contribution in [0.1, 0.15) is 9.67 Å². The lowest BCUT2D eigenvalue weighted by Gasteiger charge is -2.01. The largest absolute Gasteiger partial charge is 0.508 e. The fraction of sp³-hybridized carbons (Fsp3) is 0. The molecule has 0 fully saturated rings. The monoisotopic (exact) mass is 236 g/mol. The van der Waals surface area contributed by atoms with E-state index in [1.807, 2.05) is 0 Å². The molecule has 0 aliphatic rings. The van der Waals surface area contributed by atoms with Crippen LogP contribution in [0.2, 0.25) is 0 Å². The van der Waals surface area contributed by atoms with Gasteiger partial charge < -0.3 is 15.6 Å². The van der Waals surface area contributed by atoms with E-state index in [0.29, 0.717) is 4.88 Å². The van der Waals surface area contributed by atoms with Crippen LogP contribution in [0.4, 0.5) is 5.82 Å². The highest BCUT2D eigenvalue weighted by atomic mass is 32.1. The van der Waals surface area contributed by atoms with E-state index in [4.69, 9.17) is 10.5 Å². The molecule has 0 saturated heterocycles. The van der Waals surface area contributed by atoms with Crippen LogP contribution in [-0.4, -0.2) is 15.4 Å². The van der Waals surface area contributed by atoms with Gasteiger partial charge in [-0.2, -0.15) is 4.37 Å². The predicted molar refractivity (Wildman–Crippen MR) is 59.6 cm³/mol. The van der Waals surface area contributed by atoms with Crippen molar-refractivity contribution in [3.8, 4) is 11.5 Å². The van der Waals surface area contributed by atoms with Crippen LogP contribution in [-0.2, 0) is 0 Å². The van der Waals surface area contributed by atoms with Gasteiger partial charge in [0.25, 0.3) is 0 Å². The first kappa shape index (κ1) is 10.4. The third-order valence-corrected chi connectivity index (χ3v) is 2.54. The van der Waals surface area contributed by atoms with Crippen molar-refractivity contribution in [3.05, 3.63) is 35.2 Å². The van der Waals surface area contributed by atoms with Crippen LogP contribution >= 0.6 is 11.5 Å². The Hall–Kier alpha value is -2.08. The van der Waals surface area contributed by atoms with E-state index < -0.39 is 5.97 Å². The van der Waals surface area contributed by atoms with E-state index in [-0.39, 0.29) is 17.3 Å². The van der Waals surface area contributed by atoms with E-state index in [1.165, 1.54) is 18.2 Å². The number of hydrogen-bond acceptors (Lipinski definition) is 6. The van der Waals surface area contributed by atoms with Gasteiger partial charge in [0, 0.05) is 12.1 Å².